The monoisotopic (exact) mass is 335 g/mol. The van der Waals surface area contributed by atoms with E-state index in [9.17, 15) is 9.18 Å². The average molecular weight is 336 g/mol. The van der Waals surface area contributed by atoms with Crippen molar-refractivity contribution in [1.29, 1.82) is 0 Å². The molecule has 1 fully saturated rings. The maximum atomic E-state index is 13.1. The molecular weight excluding hydrogens is 321 g/mol. The third-order valence-electron chi connectivity index (χ3n) is 3.65. The molecule has 1 aliphatic heterocycles. The van der Waals surface area contributed by atoms with Crippen LogP contribution in [0, 0.1) is 5.82 Å². The summed E-state index contributed by atoms with van der Waals surface area (Å²) in [4.78, 5) is 22.3. The molecule has 1 aromatic heterocycles. The summed E-state index contributed by atoms with van der Waals surface area (Å²) in [5.74, 6) is -0.247. The number of hydrogen-bond acceptors (Lipinski definition) is 4. The highest BCUT2D eigenvalue weighted by molar-refractivity contribution is 6.33. The zero-order chi connectivity index (χ0) is 16.2. The summed E-state index contributed by atoms with van der Waals surface area (Å²) in [5.41, 5.74) is 0.299. The first-order valence-electron chi connectivity index (χ1n) is 7.30. The standard InChI is InChI=1S/C16H15ClFN3O2/c17-14-8-11(18)3-4-13(14)16(22)21-7-1-2-12(10-21)23-15-9-19-5-6-20-15/h3-6,8-9,12H,1-2,7,10H2. The van der Waals surface area contributed by atoms with Gasteiger partial charge in [-0.15, -0.1) is 0 Å². The van der Waals surface area contributed by atoms with Crippen LogP contribution < -0.4 is 4.74 Å². The molecule has 1 unspecified atom stereocenters. The number of nitrogens with zero attached hydrogens (tertiary/aromatic N) is 3. The Morgan fingerprint density at radius 1 is 1.39 bits per heavy atom. The summed E-state index contributed by atoms with van der Waals surface area (Å²) in [6.07, 6.45) is 6.16. The highest BCUT2D eigenvalue weighted by Gasteiger charge is 2.27. The number of aromatic nitrogens is 2. The lowest BCUT2D eigenvalue weighted by Crippen LogP contribution is -2.44. The molecule has 120 valence electrons. The molecule has 0 saturated carbocycles. The maximum Gasteiger partial charge on any atom is 0.255 e. The van der Waals surface area contributed by atoms with Gasteiger partial charge in [0.1, 0.15) is 11.9 Å². The number of amides is 1. The third-order valence-corrected chi connectivity index (χ3v) is 3.97. The van der Waals surface area contributed by atoms with E-state index in [4.69, 9.17) is 16.3 Å². The molecule has 0 N–H and O–H groups in total. The van der Waals surface area contributed by atoms with Crippen LogP contribution in [0.4, 0.5) is 4.39 Å². The minimum atomic E-state index is -0.464. The molecule has 1 saturated heterocycles. The van der Waals surface area contributed by atoms with Crippen molar-refractivity contribution in [3.8, 4) is 5.88 Å². The molecule has 0 radical (unpaired) electrons. The molecule has 23 heavy (non-hydrogen) atoms. The Labute approximate surface area is 138 Å². The van der Waals surface area contributed by atoms with Gasteiger partial charge in [-0.3, -0.25) is 9.78 Å². The number of ether oxygens (including phenoxy) is 1. The molecule has 7 heteroatoms. The van der Waals surface area contributed by atoms with E-state index in [-0.39, 0.29) is 17.0 Å². The molecule has 1 aromatic carbocycles. The van der Waals surface area contributed by atoms with Crippen LogP contribution in [0.3, 0.4) is 0 Å². The first-order valence-corrected chi connectivity index (χ1v) is 7.68. The fraction of sp³-hybridized carbons (Fsp3) is 0.312. The van der Waals surface area contributed by atoms with Crippen LogP contribution in [0.2, 0.25) is 5.02 Å². The second kappa shape index (κ2) is 6.91. The molecule has 0 spiro atoms. The first kappa shape index (κ1) is 15.7. The summed E-state index contributed by atoms with van der Waals surface area (Å²) < 4.78 is 18.9. The minimum Gasteiger partial charge on any atom is -0.471 e. The van der Waals surface area contributed by atoms with E-state index in [1.807, 2.05) is 0 Å². The van der Waals surface area contributed by atoms with E-state index in [1.165, 1.54) is 18.3 Å². The van der Waals surface area contributed by atoms with Crippen molar-refractivity contribution in [2.24, 2.45) is 0 Å². The molecule has 1 atom stereocenters. The van der Waals surface area contributed by atoms with Crippen LogP contribution in [0.25, 0.3) is 0 Å². The van der Waals surface area contributed by atoms with Crippen molar-refractivity contribution < 1.29 is 13.9 Å². The molecular formula is C16H15ClFN3O2. The Bertz CT molecular complexity index is 699. The number of carbonyl (C=O) groups is 1. The van der Waals surface area contributed by atoms with Crippen molar-refractivity contribution in [3.05, 3.63) is 53.2 Å². The summed E-state index contributed by atoms with van der Waals surface area (Å²) in [6, 6.07) is 3.79. The summed E-state index contributed by atoms with van der Waals surface area (Å²) >= 11 is 5.97. The van der Waals surface area contributed by atoms with E-state index in [0.29, 0.717) is 24.5 Å². The molecule has 2 aromatic rings. The van der Waals surface area contributed by atoms with E-state index < -0.39 is 5.82 Å². The second-order valence-electron chi connectivity index (χ2n) is 5.30. The number of piperidine rings is 1. The van der Waals surface area contributed by atoms with Gasteiger partial charge in [0, 0.05) is 18.9 Å². The topological polar surface area (TPSA) is 55.3 Å². The van der Waals surface area contributed by atoms with Crippen molar-refractivity contribution in [2.75, 3.05) is 13.1 Å². The predicted octanol–water partition coefficient (Wildman–Crippen LogP) is 2.95. The Morgan fingerprint density at radius 3 is 3.00 bits per heavy atom. The van der Waals surface area contributed by atoms with Crippen molar-refractivity contribution in [3.63, 3.8) is 0 Å². The Kier molecular flexibility index (Phi) is 4.71. The molecule has 5 nitrogen and oxygen atoms in total. The highest BCUT2D eigenvalue weighted by Crippen LogP contribution is 2.22. The maximum absolute atomic E-state index is 13.1. The molecule has 3 rings (SSSR count). The van der Waals surface area contributed by atoms with Gasteiger partial charge in [0.2, 0.25) is 5.88 Å². The molecule has 0 bridgehead atoms. The van der Waals surface area contributed by atoms with Crippen molar-refractivity contribution in [2.45, 2.75) is 18.9 Å². The number of benzene rings is 1. The molecule has 2 heterocycles. The van der Waals surface area contributed by atoms with E-state index >= 15 is 0 Å². The normalized spacial score (nSPS) is 17.8. The van der Waals surface area contributed by atoms with Crippen LogP contribution in [0.15, 0.2) is 36.8 Å². The second-order valence-corrected chi connectivity index (χ2v) is 5.71. The van der Waals surface area contributed by atoms with Crippen LogP contribution in [-0.4, -0.2) is 40.0 Å². The summed E-state index contributed by atoms with van der Waals surface area (Å²) in [5, 5.41) is 0.118. The summed E-state index contributed by atoms with van der Waals surface area (Å²) in [7, 11) is 0. The van der Waals surface area contributed by atoms with Gasteiger partial charge in [0.05, 0.1) is 23.3 Å². The minimum absolute atomic E-state index is 0.118. The number of likely N-dealkylation sites (tertiary alicyclic amines) is 1. The lowest BCUT2D eigenvalue weighted by Gasteiger charge is -2.32. The zero-order valence-corrected chi connectivity index (χ0v) is 13.0. The number of carbonyl (C=O) groups excluding carboxylic acids is 1. The Morgan fingerprint density at radius 2 is 2.26 bits per heavy atom. The zero-order valence-electron chi connectivity index (χ0n) is 12.3. The Balaban J connectivity index is 1.69. The van der Waals surface area contributed by atoms with Gasteiger partial charge in [-0.25, -0.2) is 9.37 Å². The number of hydrogen-bond donors (Lipinski definition) is 0. The first-order chi connectivity index (χ1) is 11.1. The van der Waals surface area contributed by atoms with Gasteiger partial charge in [-0.2, -0.15) is 0 Å². The fourth-order valence-corrected chi connectivity index (χ4v) is 2.82. The SMILES string of the molecule is O=C(c1ccc(F)cc1Cl)N1CCCC(Oc2cnccn2)C1. The van der Waals surface area contributed by atoms with Gasteiger partial charge in [-0.05, 0) is 31.0 Å². The van der Waals surface area contributed by atoms with E-state index in [2.05, 4.69) is 9.97 Å². The number of rotatable bonds is 3. The molecule has 1 aliphatic rings. The number of halogens is 2. The fourth-order valence-electron chi connectivity index (χ4n) is 2.57. The van der Waals surface area contributed by atoms with Gasteiger partial charge < -0.3 is 9.64 Å². The molecule has 0 aliphatic carbocycles. The Hall–Kier alpha value is -2.21. The van der Waals surface area contributed by atoms with Crippen LogP contribution in [0.1, 0.15) is 23.2 Å². The smallest absolute Gasteiger partial charge is 0.255 e. The van der Waals surface area contributed by atoms with Crippen LogP contribution >= 0.6 is 11.6 Å². The van der Waals surface area contributed by atoms with Gasteiger partial charge in [-0.1, -0.05) is 11.6 Å². The summed E-state index contributed by atoms with van der Waals surface area (Å²) in [6.45, 7) is 1.05. The third kappa shape index (κ3) is 3.76. The average Bonchev–Trinajstić information content (AvgIpc) is 2.55. The van der Waals surface area contributed by atoms with E-state index in [0.717, 1.165) is 18.9 Å². The van der Waals surface area contributed by atoms with E-state index in [1.54, 1.807) is 17.3 Å². The highest BCUT2D eigenvalue weighted by atomic mass is 35.5. The largest absolute Gasteiger partial charge is 0.471 e. The van der Waals surface area contributed by atoms with Crippen LogP contribution in [-0.2, 0) is 0 Å². The van der Waals surface area contributed by atoms with Crippen molar-refractivity contribution in [1.82, 2.24) is 14.9 Å². The lowest BCUT2D eigenvalue weighted by atomic mass is 10.1. The predicted molar refractivity (Wildman–Crippen MR) is 83.0 cm³/mol. The van der Waals surface area contributed by atoms with Gasteiger partial charge in [0.25, 0.3) is 5.91 Å². The quantitative estimate of drug-likeness (QED) is 0.865. The van der Waals surface area contributed by atoms with Gasteiger partial charge >= 0.3 is 0 Å². The van der Waals surface area contributed by atoms with Crippen molar-refractivity contribution >= 4 is 17.5 Å². The van der Waals surface area contributed by atoms with Crippen LogP contribution in [0.5, 0.6) is 5.88 Å². The lowest BCUT2D eigenvalue weighted by molar-refractivity contribution is 0.0527. The molecule has 1 amide bonds. The van der Waals surface area contributed by atoms with Gasteiger partial charge in [0.15, 0.2) is 0 Å².